The summed E-state index contributed by atoms with van der Waals surface area (Å²) in [6.45, 7) is 0. The number of pyridine rings is 1. The summed E-state index contributed by atoms with van der Waals surface area (Å²) in [6, 6.07) is 6.36. The molecule has 0 saturated heterocycles. The molecule has 6 nitrogen and oxygen atoms in total. The van der Waals surface area contributed by atoms with Crippen molar-refractivity contribution in [1.29, 1.82) is 0 Å². The first-order chi connectivity index (χ1) is 8.95. The lowest BCUT2D eigenvalue weighted by molar-refractivity contribution is -0.384. The number of nitrogens with zero attached hydrogens (tertiary/aromatic N) is 2. The number of hydrogen-bond acceptors (Lipinski definition) is 5. The van der Waals surface area contributed by atoms with Crippen LogP contribution >= 0.6 is 11.6 Å². The van der Waals surface area contributed by atoms with Crippen molar-refractivity contribution in [2.45, 2.75) is 0 Å². The molecule has 0 amide bonds. The quantitative estimate of drug-likeness (QED) is 0.666. The summed E-state index contributed by atoms with van der Waals surface area (Å²) < 4.78 is 13.2. The molecule has 2 rings (SSSR count). The van der Waals surface area contributed by atoms with E-state index in [4.69, 9.17) is 17.3 Å². The first-order valence-electron chi connectivity index (χ1n) is 5.10. The Kier molecular flexibility index (Phi) is 3.48. The van der Waals surface area contributed by atoms with E-state index in [1.807, 2.05) is 0 Å². The summed E-state index contributed by atoms with van der Waals surface area (Å²) in [5, 5.41) is 13.4. The minimum atomic E-state index is -0.606. The van der Waals surface area contributed by atoms with Crippen molar-refractivity contribution < 1.29 is 9.31 Å². The minimum absolute atomic E-state index is 0.00821. The van der Waals surface area contributed by atoms with Gasteiger partial charge in [-0.2, -0.15) is 0 Å². The van der Waals surface area contributed by atoms with E-state index in [-0.39, 0.29) is 22.3 Å². The Bertz CT molecular complexity index is 651. The summed E-state index contributed by atoms with van der Waals surface area (Å²) in [6.07, 6.45) is 0. The number of rotatable bonds is 3. The Balaban J connectivity index is 2.32. The van der Waals surface area contributed by atoms with Crippen molar-refractivity contribution in [1.82, 2.24) is 4.98 Å². The van der Waals surface area contributed by atoms with Crippen LogP contribution in [0.3, 0.4) is 0 Å². The van der Waals surface area contributed by atoms with E-state index in [1.54, 1.807) is 0 Å². The van der Waals surface area contributed by atoms with Crippen LogP contribution in [0, 0.1) is 15.9 Å². The molecule has 0 saturated carbocycles. The lowest BCUT2D eigenvalue weighted by Crippen LogP contribution is -2.00. The second-order valence-corrected chi connectivity index (χ2v) is 4.05. The van der Waals surface area contributed by atoms with Crippen molar-refractivity contribution in [3.63, 3.8) is 0 Å². The predicted molar refractivity (Wildman–Crippen MR) is 70.0 cm³/mol. The van der Waals surface area contributed by atoms with Crippen molar-refractivity contribution in [3.8, 4) is 0 Å². The zero-order chi connectivity index (χ0) is 14.0. The first kappa shape index (κ1) is 13.0. The average Bonchev–Trinajstić information content (AvgIpc) is 2.33. The van der Waals surface area contributed by atoms with Gasteiger partial charge in [-0.05, 0) is 18.2 Å². The number of halogens is 2. The Morgan fingerprint density at radius 3 is 2.74 bits per heavy atom. The van der Waals surface area contributed by atoms with Gasteiger partial charge in [-0.15, -0.1) is 0 Å². The largest absolute Gasteiger partial charge is 0.383 e. The molecule has 1 aromatic heterocycles. The predicted octanol–water partition coefficient (Wildman–Crippen LogP) is 3.11. The van der Waals surface area contributed by atoms with Crippen LogP contribution in [0.25, 0.3) is 0 Å². The van der Waals surface area contributed by atoms with Gasteiger partial charge in [0.05, 0.1) is 22.1 Å². The number of anilines is 3. The SMILES string of the molecule is Nc1cc([N+](=O)[O-])cc(Nc2ccc(Cl)c(F)c2)n1. The molecular formula is C11H8ClFN4O2. The van der Waals surface area contributed by atoms with Gasteiger partial charge in [0.15, 0.2) is 0 Å². The maximum absolute atomic E-state index is 13.2. The Morgan fingerprint density at radius 2 is 2.11 bits per heavy atom. The summed E-state index contributed by atoms with van der Waals surface area (Å²) in [5.41, 5.74) is 5.61. The summed E-state index contributed by atoms with van der Waals surface area (Å²) in [4.78, 5) is 14.0. The van der Waals surface area contributed by atoms with E-state index in [2.05, 4.69) is 10.3 Å². The third-order valence-corrected chi connectivity index (χ3v) is 2.54. The van der Waals surface area contributed by atoms with Crippen LogP contribution in [-0.4, -0.2) is 9.91 Å². The lowest BCUT2D eigenvalue weighted by Gasteiger charge is -2.06. The Hall–Kier alpha value is -2.41. The van der Waals surface area contributed by atoms with Crippen molar-refractivity contribution in [2.75, 3.05) is 11.1 Å². The van der Waals surface area contributed by atoms with Gasteiger partial charge in [-0.1, -0.05) is 11.6 Å². The highest BCUT2D eigenvalue weighted by Crippen LogP contribution is 2.24. The van der Waals surface area contributed by atoms with Crippen LogP contribution in [0.1, 0.15) is 0 Å². The fraction of sp³-hybridized carbons (Fsp3) is 0. The van der Waals surface area contributed by atoms with Crippen LogP contribution < -0.4 is 11.1 Å². The fourth-order valence-corrected chi connectivity index (χ4v) is 1.55. The normalized spacial score (nSPS) is 10.2. The van der Waals surface area contributed by atoms with Crippen molar-refractivity contribution in [3.05, 3.63) is 51.3 Å². The molecule has 0 radical (unpaired) electrons. The second kappa shape index (κ2) is 5.07. The lowest BCUT2D eigenvalue weighted by atomic mass is 10.3. The standard InChI is InChI=1S/C11H8ClFN4O2/c12-8-2-1-6(3-9(8)13)15-11-5-7(17(18)19)4-10(14)16-11/h1-5H,(H3,14,15,16). The highest BCUT2D eigenvalue weighted by atomic mass is 35.5. The molecule has 8 heteroatoms. The van der Waals surface area contributed by atoms with Crippen LogP contribution in [-0.2, 0) is 0 Å². The van der Waals surface area contributed by atoms with Gasteiger partial charge >= 0.3 is 0 Å². The summed E-state index contributed by atoms with van der Waals surface area (Å²) in [5.74, 6) is -0.468. The molecule has 1 heterocycles. The molecular weight excluding hydrogens is 275 g/mol. The number of nitrogen functional groups attached to an aromatic ring is 1. The van der Waals surface area contributed by atoms with Gasteiger partial charge in [0.2, 0.25) is 0 Å². The van der Waals surface area contributed by atoms with E-state index < -0.39 is 10.7 Å². The fourth-order valence-electron chi connectivity index (χ4n) is 1.43. The van der Waals surface area contributed by atoms with Gasteiger partial charge in [-0.3, -0.25) is 10.1 Å². The van der Waals surface area contributed by atoms with Crippen molar-refractivity contribution in [2.24, 2.45) is 0 Å². The number of nitro groups is 1. The zero-order valence-corrected chi connectivity index (χ0v) is 10.2. The Labute approximate surface area is 112 Å². The third-order valence-electron chi connectivity index (χ3n) is 2.23. The number of benzene rings is 1. The van der Waals surface area contributed by atoms with Crippen LogP contribution in [0.2, 0.25) is 5.02 Å². The molecule has 19 heavy (non-hydrogen) atoms. The average molecular weight is 283 g/mol. The van der Waals surface area contributed by atoms with E-state index in [1.165, 1.54) is 18.2 Å². The van der Waals surface area contributed by atoms with Gasteiger partial charge < -0.3 is 11.1 Å². The summed E-state index contributed by atoms with van der Waals surface area (Å²) in [7, 11) is 0. The monoisotopic (exact) mass is 282 g/mol. The second-order valence-electron chi connectivity index (χ2n) is 3.65. The first-order valence-corrected chi connectivity index (χ1v) is 5.47. The molecule has 1 aromatic carbocycles. The molecule has 3 N–H and O–H groups in total. The number of hydrogen-bond donors (Lipinski definition) is 2. The third kappa shape index (κ3) is 3.08. The maximum Gasteiger partial charge on any atom is 0.276 e. The topological polar surface area (TPSA) is 94.1 Å². The molecule has 0 aliphatic heterocycles. The minimum Gasteiger partial charge on any atom is -0.383 e. The number of nitrogens with two attached hydrogens (primary N) is 1. The summed E-state index contributed by atoms with van der Waals surface area (Å²) >= 11 is 5.55. The Morgan fingerprint density at radius 1 is 1.37 bits per heavy atom. The van der Waals surface area contributed by atoms with Gasteiger partial charge in [0, 0.05) is 5.69 Å². The molecule has 0 unspecified atom stereocenters. The van der Waals surface area contributed by atoms with E-state index in [0.717, 1.165) is 12.1 Å². The zero-order valence-electron chi connectivity index (χ0n) is 9.43. The molecule has 98 valence electrons. The van der Waals surface area contributed by atoms with Crippen molar-refractivity contribution >= 4 is 34.6 Å². The molecule has 0 aliphatic rings. The van der Waals surface area contributed by atoms with Crippen LogP contribution in [0.4, 0.5) is 27.4 Å². The van der Waals surface area contributed by atoms with Gasteiger partial charge in [-0.25, -0.2) is 9.37 Å². The van der Waals surface area contributed by atoms with Crippen LogP contribution in [0.5, 0.6) is 0 Å². The molecule has 0 fully saturated rings. The maximum atomic E-state index is 13.2. The molecule has 0 bridgehead atoms. The highest BCUT2D eigenvalue weighted by molar-refractivity contribution is 6.30. The molecule has 0 spiro atoms. The van der Waals surface area contributed by atoms with E-state index in [0.29, 0.717) is 5.69 Å². The molecule has 0 atom stereocenters. The molecule has 0 aliphatic carbocycles. The van der Waals surface area contributed by atoms with E-state index in [9.17, 15) is 14.5 Å². The van der Waals surface area contributed by atoms with E-state index >= 15 is 0 Å². The van der Waals surface area contributed by atoms with Gasteiger partial charge in [0.25, 0.3) is 5.69 Å². The highest BCUT2D eigenvalue weighted by Gasteiger charge is 2.10. The number of nitrogens with one attached hydrogen (secondary N) is 1. The molecule has 2 aromatic rings. The van der Waals surface area contributed by atoms with Crippen LogP contribution in [0.15, 0.2) is 30.3 Å². The van der Waals surface area contributed by atoms with Gasteiger partial charge in [0.1, 0.15) is 17.5 Å². The number of aromatic nitrogens is 1. The smallest absolute Gasteiger partial charge is 0.276 e.